The Morgan fingerprint density at radius 1 is 0.737 bits per heavy atom. The van der Waals surface area contributed by atoms with Crippen LogP contribution in [0.3, 0.4) is 0 Å². The summed E-state index contributed by atoms with van der Waals surface area (Å²) in [5.74, 6) is 0. The normalized spacial score (nSPS) is 12.5. The molecule has 3 aromatic rings. The maximum Gasteiger partial charge on any atom is 0.104 e. The summed E-state index contributed by atoms with van der Waals surface area (Å²) in [6.07, 6.45) is -0.595. The average Bonchev–Trinajstić information content (AvgIpc) is 2.46. The van der Waals surface area contributed by atoms with Gasteiger partial charge in [-0.2, -0.15) is 0 Å². The van der Waals surface area contributed by atoms with Crippen LogP contribution < -0.4 is 0 Å². The van der Waals surface area contributed by atoms with Gasteiger partial charge in [0.25, 0.3) is 0 Å². The molecule has 2 heteroatoms. The largest absolute Gasteiger partial charge is 0.384 e. The van der Waals surface area contributed by atoms with Crippen LogP contribution in [0.4, 0.5) is 0 Å². The quantitative estimate of drug-likeness (QED) is 0.728. The molecule has 3 rings (SSSR count). The van der Waals surface area contributed by atoms with Gasteiger partial charge in [-0.3, -0.25) is 0 Å². The van der Waals surface area contributed by atoms with Gasteiger partial charge in [0.2, 0.25) is 0 Å². The molecule has 3 aromatic carbocycles. The van der Waals surface area contributed by atoms with Crippen molar-refractivity contribution in [3.05, 3.63) is 82.3 Å². The molecule has 0 saturated carbocycles. The fraction of sp³-hybridized carbons (Fsp3) is 0.0588. The second-order valence-corrected chi connectivity index (χ2v) is 5.48. The van der Waals surface area contributed by atoms with Gasteiger partial charge in [-0.1, -0.05) is 64.5 Å². The zero-order chi connectivity index (χ0) is 13.2. The molecule has 0 saturated heterocycles. The standard InChI is InChI=1S/C17H13BrO/c18-16-7-3-6-14(11-16)17(19)15-9-8-12-4-1-2-5-13(12)10-15/h1-11,17,19H/t17-/m1/s1. The summed E-state index contributed by atoms with van der Waals surface area (Å²) in [6.45, 7) is 0. The Morgan fingerprint density at radius 3 is 2.26 bits per heavy atom. The Hall–Kier alpha value is -1.64. The van der Waals surface area contributed by atoms with Crippen molar-refractivity contribution in [2.24, 2.45) is 0 Å². The third-order valence-electron chi connectivity index (χ3n) is 3.25. The van der Waals surface area contributed by atoms with Crippen molar-refractivity contribution in [3.8, 4) is 0 Å². The summed E-state index contributed by atoms with van der Waals surface area (Å²) >= 11 is 3.43. The summed E-state index contributed by atoms with van der Waals surface area (Å²) in [4.78, 5) is 0. The highest BCUT2D eigenvalue weighted by atomic mass is 79.9. The predicted molar refractivity (Wildman–Crippen MR) is 82.2 cm³/mol. The van der Waals surface area contributed by atoms with E-state index in [1.54, 1.807) is 0 Å². The maximum absolute atomic E-state index is 10.5. The molecule has 19 heavy (non-hydrogen) atoms. The topological polar surface area (TPSA) is 20.2 Å². The van der Waals surface area contributed by atoms with Crippen molar-refractivity contribution in [1.82, 2.24) is 0 Å². The highest BCUT2D eigenvalue weighted by molar-refractivity contribution is 9.10. The van der Waals surface area contributed by atoms with Crippen LogP contribution in [-0.4, -0.2) is 5.11 Å². The van der Waals surface area contributed by atoms with E-state index in [2.05, 4.69) is 28.1 Å². The van der Waals surface area contributed by atoms with Gasteiger partial charge >= 0.3 is 0 Å². The molecule has 0 amide bonds. The van der Waals surface area contributed by atoms with Crippen LogP contribution in [0.5, 0.6) is 0 Å². The highest BCUT2D eigenvalue weighted by Gasteiger charge is 2.10. The third-order valence-corrected chi connectivity index (χ3v) is 3.75. The van der Waals surface area contributed by atoms with Crippen LogP contribution in [0.1, 0.15) is 17.2 Å². The lowest BCUT2D eigenvalue weighted by atomic mass is 9.99. The van der Waals surface area contributed by atoms with E-state index in [-0.39, 0.29) is 0 Å². The van der Waals surface area contributed by atoms with E-state index >= 15 is 0 Å². The molecule has 0 heterocycles. The van der Waals surface area contributed by atoms with Crippen molar-refractivity contribution in [2.45, 2.75) is 6.10 Å². The summed E-state index contributed by atoms with van der Waals surface area (Å²) in [7, 11) is 0. The molecular formula is C17H13BrO. The molecular weight excluding hydrogens is 300 g/mol. The Labute approximate surface area is 120 Å². The second-order valence-electron chi connectivity index (χ2n) is 4.56. The van der Waals surface area contributed by atoms with E-state index in [9.17, 15) is 5.11 Å². The number of benzene rings is 3. The van der Waals surface area contributed by atoms with E-state index in [1.807, 2.05) is 54.6 Å². The molecule has 0 radical (unpaired) electrons. The van der Waals surface area contributed by atoms with Gasteiger partial charge in [0.05, 0.1) is 0 Å². The van der Waals surface area contributed by atoms with Gasteiger partial charge in [-0.25, -0.2) is 0 Å². The first-order chi connectivity index (χ1) is 9.24. The minimum absolute atomic E-state index is 0.595. The molecule has 1 N–H and O–H groups in total. The maximum atomic E-state index is 10.5. The zero-order valence-electron chi connectivity index (χ0n) is 10.3. The van der Waals surface area contributed by atoms with E-state index in [1.165, 1.54) is 5.39 Å². The fourth-order valence-electron chi connectivity index (χ4n) is 2.25. The zero-order valence-corrected chi connectivity index (χ0v) is 11.8. The highest BCUT2D eigenvalue weighted by Crippen LogP contribution is 2.26. The van der Waals surface area contributed by atoms with Crippen molar-refractivity contribution in [2.75, 3.05) is 0 Å². The number of fused-ring (bicyclic) bond motifs is 1. The van der Waals surface area contributed by atoms with Crippen LogP contribution in [-0.2, 0) is 0 Å². The monoisotopic (exact) mass is 312 g/mol. The lowest BCUT2D eigenvalue weighted by Crippen LogP contribution is -1.99. The lowest BCUT2D eigenvalue weighted by Gasteiger charge is -2.12. The number of halogens is 1. The third kappa shape index (κ3) is 2.55. The minimum atomic E-state index is -0.595. The Morgan fingerprint density at radius 2 is 1.47 bits per heavy atom. The molecule has 0 aliphatic heterocycles. The van der Waals surface area contributed by atoms with Gasteiger partial charge in [-0.15, -0.1) is 0 Å². The van der Waals surface area contributed by atoms with Crippen molar-refractivity contribution < 1.29 is 5.11 Å². The SMILES string of the molecule is O[C@H](c1cccc(Br)c1)c1ccc2ccccc2c1. The lowest BCUT2D eigenvalue weighted by molar-refractivity contribution is 0.220. The van der Waals surface area contributed by atoms with E-state index in [0.717, 1.165) is 21.0 Å². The summed E-state index contributed by atoms with van der Waals surface area (Å²) in [5, 5.41) is 12.8. The number of hydrogen-bond acceptors (Lipinski definition) is 1. The number of hydrogen-bond donors (Lipinski definition) is 1. The summed E-state index contributed by atoms with van der Waals surface area (Å²) in [5.41, 5.74) is 1.81. The van der Waals surface area contributed by atoms with E-state index in [4.69, 9.17) is 0 Å². The number of aliphatic hydroxyl groups is 1. The van der Waals surface area contributed by atoms with Gasteiger partial charge in [-0.05, 0) is 40.1 Å². The smallest absolute Gasteiger partial charge is 0.104 e. The van der Waals surface area contributed by atoms with Gasteiger partial charge in [0.1, 0.15) is 6.10 Å². The van der Waals surface area contributed by atoms with Crippen LogP contribution in [0.2, 0.25) is 0 Å². The predicted octanol–water partition coefficient (Wildman–Crippen LogP) is 4.68. The fourth-order valence-corrected chi connectivity index (χ4v) is 2.66. The van der Waals surface area contributed by atoms with Crippen LogP contribution in [0, 0.1) is 0 Å². The molecule has 0 aliphatic carbocycles. The Balaban J connectivity index is 2.04. The number of aliphatic hydroxyl groups excluding tert-OH is 1. The van der Waals surface area contributed by atoms with Crippen LogP contribution >= 0.6 is 15.9 Å². The molecule has 1 atom stereocenters. The van der Waals surface area contributed by atoms with Crippen LogP contribution in [0.25, 0.3) is 10.8 Å². The number of rotatable bonds is 2. The van der Waals surface area contributed by atoms with Gasteiger partial charge < -0.3 is 5.11 Å². The first kappa shape index (κ1) is 12.4. The first-order valence-corrected chi connectivity index (χ1v) is 6.95. The summed E-state index contributed by atoms with van der Waals surface area (Å²) < 4.78 is 0.977. The van der Waals surface area contributed by atoms with E-state index in [0.29, 0.717) is 0 Å². The molecule has 0 aromatic heterocycles. The van der Waals surface area contributed by atoms with Gasteiger partial charge in [0.15, 0.2) is 0 Å². The molecule has 94 valence electrons. The minimum Gasteiger partial charge on any atom is -0.384 e. The second kappa shape index (κ2) is 5.16. The van der Waals surface area contributed by atoms with Gasteiger partial charge in [0, 0.05) is 4.47 Å². The molecule has 0 unspecified atom stereocenters. The van der Waals surface area contributed by atoms with E-state index < -0.39 is 6.10 Å². The van der Waals surface area contributed by atoms with Crippen LogP contribution in [0.15, 0.2) is 71.2 Å². The van der Waals surface area contributed by atoms with Crippen molar-refractivity contribution in [3.63, 3.8) is 0 Å². The first-order valence-electron chi connectivity index (χ1n) is 6.16. The Kier molecular flexibility index (Phi) is 3.36. The molecule has 0 bridgehead atoms. The summed E-state index contributed by atoms with van der Waals surface area (Å²) in [6, 6.07) is 22.0. The molecule has 1 nitrogen and oxygen atoms in total. The molecule has 0 spiro atoms. The van der Waals surface area contributed by atoms with Crippen molar-refractivity contribution in [1.29, 1.82) is 0 Å². The Bertz CT molecular complexity index is 721. The molecule has 0 aliphatic rings. The molecule has 0 fully saturated rings. The average molecular weight is 313 g/mol. The van der Waals surface area contributed by atoms with Crippen molar-refractivity contribution >= 4 is 26.7 Å².